The summed E-state index contributed by atoms with van der Waals surface area (Å²) in [5, 5.41) is 4.57. The summed E-state index contributed by atoms with van der Waals surface area (Å²) in [5.74, 6) is 0.496. The number of H-pyrrole nitrogens is 1. The van der Waals surface area contributed by atoms with Gasteiger partial charge in [-0.25, -0.2) is 4.98 Å². The SMILES string of the molecule is Cc1cccc(-c2[nH]cnc2-c2ccc3ncc(NCC4CC(C(=O)O[C@H]5CCN(C)C5)C4)cc3c2)n1. The molecule has 1 atom stereocenters. The van der Waals surface area contributed by atoms with E-state index in [0.29, 0.717) is 5.92 Å². The molecule has 4 aromatic rings. The minimum Gasteiger partial charge on any atom is -0.461 e. The molecule has 4 heterocycles. The van der Waals surface area contributed by atoms with E-state index in [-0.39, 0.29) is 18.0 Å². The van der Waals surface area contributed by atoms with Crippen LogP contribution in [-0.4, -0.2) is 63.6 Å². The number of pyridine rings is 2. The van der Waals surface area contributed by atoms with Gasteiger partial charge in [0.1, 0.15) is 6.10 Å². The molecule has 2 fully saturated rings. The van der Waals surface area contributed by atoms with Crippen LogP contribution in [0.2, 0.25) is 0 Å². The number of carbonyl (C=O) groups excluding carboxylic acids is 1. The van der Waals surface area contributed by atoms with Gasteiger partial charge in [0, 0.05) is 36.3 Å². The number of benzene rings is 1. The Morgan fingerprint density at radius 3 is 2.89 bits per heavy atom. The molecule has 1 aromatic carbocycles. The van der Waals surface area contributed by atoms with Gasteiger partial charge in [-0.15, -0.1) is 0 Å². The normalized spacial score (nSPS) is 21.6. The first-order valence-electron chi connectivity index (χ1n) is 13.0. The van der Waals surface area contributed by atoms with Crippen LogP contribution in [0.4, 0.5) is 5.69 Å². The van der Waals surface area contributed by atoms with E-state index in [2.05, 4.69) is 55.4 Å². The predicted molar refractivity (Wildman–Crippen MR) is 144 cm³/mol. The van der Waals surface area contributed by atoms with Gasteiger partial charge in [0.2, 0.25) is 0 Å². The van der Waals surface area contributed by atoms with Crippen molar-refractivity contribution in [3.05, 3.63) is 60.7 Å². The number of aromatic amines is 1. The lowest BCUT2D eigenvalue weighted by atomic mass is 9.75. The highest BCUT2D eigenvalue weighted by atomic mass is 16.5. The quantitative estimate of drug-likeness (QED) is 0.359. The van der Waals surface area contributed by atoms with E-state index in [1.165, 1.54) is 0 Å². The van der Waals surface area contributed by atoms with Gasteiger partial charge in [-0.1, -0.05) is 12.1 Å². The molecule has 8 nitrogen and oxygen atoms in total. The van der Waals surface area contributed by atoms with Crippen molar-refractivity contribution < 1.29 is 9.53 Å². The van der Waals surface area contributed by atoms with Crippen LogP contribution in [0.15, 0.2) is 55.0 Å². The Labute approximate surface area is 216 Å². The summed E-state index contributed by atoms with van der Waals surface area (Å²) in [6.07, 6.45) is 6.36. The van der Waals surface area contributed by atoms with Crippen LogP contribution in [0.3, 0.4) is 0 Å². The first kappa shape index (κ1) is 23.6. The fourth-order valence-corrected chi connectivity index (χ4v) is 5.37. The van der Waals surface area contributed by atoms with Gasteiger partial charge in [-0.2, -0.15) is 0 Å². The van der Waals surface area contributed by atoms with Crippen molar-refractivity contribution in [2.24, 2.45) is 11.8 Å². The second kappa shape index (κ2) is 9.94. The number of hydrogen-bond acceptors (Lipinski definition) is 7. The Morgan fingerprint density at radius 1 is 1.19 bits per heavy atom. The number of likely N-dealkylation sites (N-methyl/N-ethyl adjacent to an activating group) is 1. The summed E-state index contributed by atoms with van der Waals surface area (Å²) in [6.45, 7) is 4.67. The number of imidazole rings is 1. The number of hydrogen-bond donors (Lipinski definition) is 2. The van der Waals surface area contributed by atoms with Gasteiger partial charge in [-0.3, -0.25) is 14.8 Å². The monoisotopic (exact) mass is 496 g/mol. The summed E-state index contributed by atoms with van der Waals surface area (Å²) in [4.78, 5) is 31.8. The number of anilines is 1. The van der Waals surface area contributed by atoms with Crippen LogP contribution in [0.5, 0.6) is 0 Å². The average molecular weight is 497 g/mol. The highest BCUT2D eigenvalue weighted by Crippen LogP contribution is 2.36. The molecule has 2 aliphatic rings. The second-order valence-corrected chi connectivity index (χ2v) is 10.4. The molecule has 0 radical (unpaired) electrons. The molecular formula is C29H32N6O2. The third-order valence-corrected chi connectivity index (χ3v) is 7.53. The number of aromatic nitrogens is 4. The van der Waals surface area contributed by atoms with Crippen LogP contribution in [0.1, 0.15) is 25.0 Å². The molecule has 8 heteroatoms. The lowest BCUT2D eigenvalue weighted by Crippen LogP contribution is -2.37. The Balaban J connectivity index is 1.09. The maximum atomic E-state index is 12.4. The Morgan fingerprint density at radius 2 is 2.08 bits per heavy atom. The minimum absolute atomic E-state index is 0.0185. The summed E-state index contributed by atoms with van der Waals surface area (Å²) >= 11 is 0. The zero-order valence-electron chi connectivity index (χ0n) is 21.3. The molecule has 2 N–H and O–H groups in total. The molecule has 190 valence electrons. The van der Waals surface area contributed by atoms with Crippen LogP contribution < -0.4 is 5.32 Å². The molecule has 1 saturated heterocycles. The molecule has 0 amide bonds. The van der Waals surface area contributed by atoms with E-state index in [0.717, 1.165) is 83.8 Å². The summed E-state index contributed by atoms with van der Waals surface area (Å²) < 4.78 is 5.71. The first-order valence-corrected chi connectivity index (χ1v) is 13.0. The number of ether oxygens (including phenoxy) is 1. The predicted octanol–water partition coefficient (Wildman–Crippen LogP) is 4.68. The molecule has 3 aromatic heterocycles. The fourth-order valence-electron chi connectivity index (χ4n) is 5.37. The van der Waals surface area contributed by atoms with Crippen LogP contribution in [0.25, 0.3) is 33.5 Å². The third kappa shape index (κ3) is 5.06. The first-order chi connectivity index (χ1) is 18.0. The summed E-state index contributed by atoms with van der Waals surface area (Å²) in [5.41, 5.74) is 6.54. The number of aryl methyl sites for hydroxylation is 1. The second-order valence-electron chi connectivity index (χ2n) is 10.4. The molecule has 1 aliphatic heterocycles. The number of nitrogens with one attached hydrogen (secondary N) is 2. The van der Waals surface area contributed by atoms with E-state index >= 15 is 0 Å². The van der Waals surface area contributed by atoms with Crippen LogP contribution in [0, 0.1) is 18.8 Å². The smallest absolute Gasteiger partial charge is 0.309 e. The molecule has 1 saturated carbocycles. The van der Waals surface area contributed by atoms with E-state index in [1.807, 2.05) is 37.4 Å². The highest BCUT2D eigenvalue weighted by molar-refractivity contribution is 5.88. The van der Waals surface area contributed by atoms with Crippen molar-refractivity contribution in [3.63, 3.8) is 0 Å². The van der Waals surface area contributed by atoms with Gasteiger partial charge < -0.3 is 19.9 Å². The molecule has 0 bridgehead atoms. The average Bonchev–Trinajstić information content (AvgIpc) is 3.51. The molecule has 0 spiro atoms. The lowest BCUT2D eigenvalue weighted by molar-refractivity contribution is -0.158. The summed E-state index contributed by atoms with van der Waals surface area (Å²) in [7, 11) is 2.07. The Bertz CT molecular complexity index is 1430. The number of esters is 1. The number of fused-ring (bicyclic) bond motifs is 1. The number of likely N-dealkylation sites (tertiary alicyclic amines) is 1. The Hall–Kier alpha value is -3.78. The largest absolute Gasteiger partial charge is 0.461 e. The van der Waals surface area contributed by atoms with Crippen molar-refractivity contribution in [1.82, 2.24) is 24.8 Å². The van der Waals surface area contributed by atoms with E-state index in [9.17, 15) is 4.79 Å². The standard InChI is InChI=1S/C29H32N6O2/c1-18-4-3-5-26(34-18)28-27(32-17-33-28)20-6-7-25-21(12-20)13-23(15-31-25)30-14-19-10-22(11-19)29(36)37-24-8-9-35(2)16-24/h3-7,12-13,15,17,19,22,24,30H,8-11,14,16H2,1-2H3,(H,32,33)/t19?,22?,24-/m0/s1. The fraction of sp³-hybridized carbons (Fsp3) is 0.379. The van der Waals surface area contributed by atoms with Gasteiger partial charge in [0.25, 0.3) is 0 Å². The maximum Gasteiger partial charge on any atom is 0.309 e. The number of nitrogens with zero attached hydrogens (tertiary/aromatic N) is 4. The van der Waals surface area contributed by atoms with Crippen LogP contribution in [-0.2, 0) is 9.53 Å². The topological polar surface area (TPSA) is 96.0 Å². The molecule has 37 heavy (non-hydrogen) atoms. The van der Waals surface area contributed by atoms with Crippen molar-refractivity contribution in [2.45, 2.75) is 32.3 Å². The van der Waals surface area contributed by atoms with Crippen molar-refractivity contribution >= 4 is 22.6 Å². The highest BCUT2D eigenvalue weighted by Gasteiger charge is 2.37. The number of carbonyl (C=O) groups is 1. The Kier molecular flexibility index (Phi) is 6.34. The van der Waals surface area contributed by atoms with Crippen molar-refractivity contribution in [2.75, 3.05) is 32.0 Å². The molecule has 0 unspecified atom stereocenters. The lowest BCUT2D eigenvalue weighted by Gasteiger charge is -2.34. The van der Waals surface area contributed by atoms with Crippen molar-refractivity contribution in [3.8, 4) is 22.6 Å². The minimum atomic E-state index is -0.0185. The van der Waals surface area contributed by atoms with Gasteiger partial charge in [0.15, 0.2) is 0 Å². The van der Waals surface area contributed by atoms with E-state index in [1.54, 1.807) is 6.33 Å². The maximum absolute atomic E-state index is 12.4. The van der Waals surface area contributed by atoms with Gasteiger partial charge >= 0.3 is 5.97 Å². The summed E-state index contributed by atoms with van der Waals surface area (Å²) in [6, 6.07) is 14.3. The van der Waals surface area contributed by atoms with Crippen LogP contribution >= 0.6 is 0 Å². The van der Waals surface area contributed by atoms with Crippen molar-refractivity contribution in [1.29, 1.82) is 0 Å². The zero-order chi connectivity index (χ0) is 25.4. The third-order valence-electron chi connectivity index (χ3n) is 7.53. The molecule has 6 rings (SSSR count). The van der Waals surface area contributed by atoms with Gasteiger partial charge in [-0.05, 0) is 69.5 Å². The van der Waals surface area contributed by atoms with Gasteiger partial charge in [0.05, 0.1) is 46.7 Å². The molecule has 1 aliphatic carbocycles. The number of rotatable bonds is 7. The molecular weight excluding hydrogens is 464 g/mol. The van der Waals surface area contributed by atoms with E-state index in [4.69, 9.17) is 4.74 Å². The zero-order valence-corrected chi connectivity index (χ0v) is 21.3. The van der Waals surface area contributed by atoms with E-state index < -0.39 is 0 Å².